The van der Waals surface area contributed by atoms with Crippen LogP contribution in [0.3, 0.4) is 0 Å². The number of halogens is 4. The smallest absolute Gasteiger partial charge is 0.198 e. The Balaban J connectivity index is 2.59. The van der Waals surface area contributed by atoms with Gasteiger partial charge >= 0.3 is 0 Å². The van der Waals surface area contributed by atoms with E-state index in [-0.39, 0.29) is 16.9 Å². The van der Waals surface area contributed by atoms with Crippen LogP contribution in [0.15, 0.2) is 23.1 Å². The van der Waals surface area contributed by atoms with E-state index in [9.17, 15) is 17.6 Å². The number of aryl methyl sites for hydroxylation is 2. The third-order valence-electron chi connectivity index (χ3n) is 4.02. The fraction of sp³-hybridized carbons (Fsp3) is 0.368. The largest absolute Gasteiger partial charge is 0.252 e. The molecule has 1 nitrogen and oxygen atoms in total. The molecule has 0 saturated carbocycles. The molecule has 0 aliphatic rings. The minimum atomic E-state index is -1.78. The van der Waals surface area contributed by atoms with Crippen LogP contribution in [0.5, 0.6) is 0 Å². The molecule has 0 aliphatic carbocycles. The van der Waals surface area contributed by atoms with Crippen molar-refractivity contribution < 1.29 is 17.6 Å². The Morgan fingerprint density at radius 1 is 0.840 bits per heavy atom. The SMILES string of the molecule is CCc1ccc(Cc2c(F)c(F)c(F)c(F)c2SN(C)C)c(CC)c1. The van der Waals surface area contributed by atoms with E-state index < -0.39 is 23.3 Å². The molecular formula is C19H21F4NS. The van der Waals surface area contributed by atoms with Crippen LogP contribution in [0.25, 0.3) is 0 Å². The number of hydrogen-bond acceptors (Lipinski definition) is 2. The number of hydrogen-bond donors (Lipinski definition) is 0. The van der Waals surface area contributed by atoms with E-state index in [0.29, 0.717) is 6.42 Å². The molecule has 136 valence electrons. The van der Waals surface area contributed by atoms with Crippen molar-refractivity contribution in [3.63, 3.8) is 0 Å². The molecule has 2 rings (SSSR count). The second-order valence-electron chi connectivity index (χ2n) is 5.95. The first kappa shape index (κ1) is 19.8. The lowest BCUT2D eigenvalue weighted by molar-refractivity contribution is 0.392. The first-order valence-electron chi connectivity index (χ1n) is 8.10. The van der Waals surface area contributed by atoms with Gasteiger partial charge < -0.3 is 0 Å². The molecule has 0 amide bonds. The van der Waals surface area contributed by atoms with Crippen LogP contribution in [0.2, 0.25) is 0 Å². The van der Waals surface area contributed by atoms with Crippen LogP contribution in [-0.2, 0) is 19.3 Å². The van der Waals surface area contributed by atoms with E-state index in [4.69, 9.17) is 0 Å². The molecule has 0 aromatic heterocycles. The Labute approximate surface area is 150 Å². The van der Waals surface area contributed by atoms with E-state index in [0.717, 1.165) is 35.1 Å². The van der Waals surface area contributed by atoms with E-state index in [2.05, 4.69) is 0 Å². The molecule has 0 heterocycles. The Hall–Kier alpha value is -1.53. The highest BCUT2D eigenvalue weighted by molar-refractivity contribution is 7.97. The van der Waals surface area contributed by atoms with Gasteiger partial charge in [-0.05, 0) is 55.6 Å². The van der Waals surface area contributed by atoms with Crippen LogP contribution in [0.1, 0.15) is 36.1 Å². The van der Waals surface area contributed by atoms with Crippen LogP contribution < -0.4 is 0 Å². The zero-order chi connectivity index (χ0) is 18.7. The first-order chi connectivity index (χ1) is 11.8. The van der Waals surface area contributed by atoms with Gasteiger partial charge in [-0.1, -0.05) is 32.0 Å². The number of rotatable bonds is 6. The molecule has 6 heteroatoms. The normalized spacial score (nSPS) is 11.4. The van der Waals surface area contributed by atoms with Crippen molar-refractivity contribution in [2.45, 2.75) is 38.0 Å². The standard InChI is InChI=1S/C19H21F4NS/c1-5-11-7-8-13(12(6-2)9-11)10-14-15(20)16(21)17(22)18(23)19(14)25-24(3)4/h7-9H,5-6,10H2,1-4H3. The number of nitrogens with zero attached hydrogens (tertiary/aromatic N) is 1. The van der Waals surface area contributed by atoms with Gasteiger partial charge in [-0.2, -0.15) is 0 Å². The van der Waals surface area contributed by atoms with Gasteiger partial charge in [-0.3, -0.25) is 4.31 Å². The van der Waals surface area contributed by atoms with Crippen LogP contribution in [-0.4, -0.2) is 18.4 Å². The summed E-state index contributed by atoms with van der Waals surface area (Å²) < 4.78 is 57.6. The van der Waals surface area contributed by atoms with Crippen LogP contribution in [0, 0.1) is 23.3 Å². The molecule has 0 bridgehead atoms. The summed E-state index contributed by atoms with van der Waals surface area (Å²) in [6.45, 7) is 4.00. The Morgan fingerprint density at radius 3 is 2.04 bits per heavy atom. The monoisotopic (exact) mass is 371 g/mol. The molecule has 0 N–H and O–H groups in total. The van der Waals surface area contributed by atoms with E-state index >= 15 is 0 Å². The third-order valence-corrected chi connectivity index (χ3v) is 4.99. The van der Waals surface area contributed by atoms with E-state index in [1.807, 2.05) is 32.0 Å². The summed E-state index contributed by atoms with van der Waals surface area (Å²) in [5.41, 5.74) is 2.75. The maximum absolute atomic E-state index is 14.4. The highest BCUT2D eigenvalue weighted by Gasteiger charge is 2.26. The second-order valence-corrected chi connectivity index (χ2v) is 7.28. The van der Waals surface area contributed by atoms with Gasteiger partial charge in [0, 0.05) is 12.0 Å². The maximum Gasteiger partial charge on any atom is 0.198 e. The molecule has 0 saturated heterocycles. The first-order valence-corrected chi connectivity index (χ1v) is 8.88. The fourth-order valence-electron chi connectivity index (χ4n) is 2.68. The predicted molar refractivity (Wildman–Crippen MR) is 93.8 cm³/mol. The molecule has 2 aromatic rings. The van der Waals surface area contributed by atoms with Gasteiger partial charge in [0.25, 0.3) is 0 Å². The highest BCUT2D eigenvalue weighted by Crippen LogP contribution is 2.34. The van der Waals surface area contributed by atoms with Crippen molar-refractivity contribution in [1.82, 2.24) is 4.31 Å². The summed E-state index contributed by atoms with van der Waals surface area (Å²) in [6, 6.07) is 5.78. The van der Waals surface area contributed by atoms with Gasteiger partial charge in [-0.15, -0.1) is 0 Å². The summed E-state index contributed by atoms with van der Waals surface area (Å²) in [5, 5.41) is 0. The molecule has 2 aromatic carbocycles. The van der Waals surface area contributed by atoms with Gasteiger partial charge in [0.1, 0.15) is 0 Å². The Bertz CT molecular complexity index is 775. The van der Waals surface area contributed by atoms with Gasteiger partial charge in [0.05, 0.1) is 4.90 Å². The predicted octanol–water partition coefficient (Wildman–Crippen LogP) is 5.53. The van der Waals surface area contributed by atoms with Crippen molar-refractivity contribution in [3.05, 3.63) is 63.7 Å². The molecule has 0 radical (unpaired) electrons. The van der Waals surface area contributed by atoms with Crippen LogP contribution >= 0.6 is 11.9 Å². The molecule has 0 unspecified atom stereocenters. The second kappa shape index (κ2) is 8.23. The van der Waals surface area contributed by atoms with Crippen molar-refractivity contribution in [2.24, 2.45) is 0 Å². The molecular weight excluding hydrogens is 350 g/mol. The van der Waals surface area contributed by atoms with E-state index in [1.165, 1.54) is 4.31 Å². The van der Waals surface area contributed by atoms with Gasteiger partial charge in [0.2, 0.25) is 0 Å². The lowest BCUT2D eigenvalue weighted by Gasteiger charge is -2.17. The molecule has 0 atom stereocenters. The number of benzene rings is 2. The molecule has 0 aliphatic heterocycles. The lowest BCUT2D eigenvalue weighted by atomic mass is 9.95. The summed E-state index contributed by atoms with van der Waals surface area (Å²) in [6.07, 6.45) is 1.58. The average Bonchev–Trinajstić information content (AvgIpc) is 2.60. The fourth-order valence-corrected chi connectivity index (χ4v) is 3.49. The quantitative estimate of drug-likeness (QED) is 0.284. The Kier molecular flexibility index (Phi) is 6.52. The average molecular weight is 371 g/mol. The third kappa shape index (κ3) is 4.18. The molecule has 0 fully saturated rings. The Morgan fingerprint density at radius 2 is 1.48 bits per heavy atom. The topological polar surface area (TPSA) is 3.24 Å². The van der Waals surface area contributed by atoms with Crippen molar-refractivity contribution >= 4 is 11.9 Å². The minimum absolute atomic E-state index is 0.00327. The van der Waals surface area contributed by atoms with Crippen molar-refractivity contribution in [1.29, 1.82) is 0 Å². The van der Waals surface area contributed by atoms with Crippen molar-refractivity contribution in [3.8, 4) is 0 Å². The van der Waals surface area contributed by atoms with Crippen molar-refractivity contribution in [2.75, 3.05) is 14.1 Å². The lowest BCUT2D eigenvalue weighted by Crippen LogP contribution is -2.10. The van der Waals surface area contributed by atoms with Gasteiger partial charge in [0.15, 0.2) is 23.3 Å². The summed E-state index contributed by atoms with van der Waals surface area (Å²) in [5.74, 6) is -6.22. The summed E-state index contributed by atoms with van der Waals surface area (Å²) >= 11 is 0.841. The highest BCUT2D eigenvalue weighted by atomic mass is 32.2. The molecule has 25 heavy (non-hydrogen) atoms. The van der Waals surface area contributed by atoms with Gasteiger partial charge in [-0.25, -0.2) is 17.6 Å². The summed E-state index contributed by atoms with van der Waals surface area (Å²) in [4.78, 5) is -0.219. The zero-order valence-electron chi connectivity index (χ0n) is 14.7. The molecule has 0 spiro atoms. The zero-order valence-corrected chi connectivity index (χ0v) is 15.5. The maximum atomic E-state index is 14.4. The van der Waals surface area contributed by atoms with Crippen LogP contribution in [0.4, 0.5) is 17.6 Å². The minimum Gasteiger partial charge on any atom is -0.252 e. The van der Waals surface area contributed by atoms with E-state index in [1.54, 1.807) is 14.1 Å². The summed E-state index contributed by atoms with van der Waals surface area (Å²) in [7, 11) is 3.25.